The van der Waals surface area contributed by atoms with Crippen LogP contribution in [0.25, 0.3) is 16.3 Å². The van der Waals surface area contributed by atoms with E-state index < -0.39 is 0 Å². The number of anilines is 1. The zero-order valence-corrected chi connectivity index (χ0v) is 19.5. The highest BCUT2D eigenvalue weighted by Gasteiger charge is 2.09. The molecule has 3 aromatic carbocycles. The van der Waals surface area contributed by atoms with Crippen LogP contribution < -0.4 is 5.43 Å². The summed E-state index contributed by atoms with van der Waals surface area (Å²) >= 11 is 7.42. The SMILES string of the molecule is CCCc1cc(/C=N/Nc2nc3ccccc3s2)cc(/C=C/C(=O)c2ccc(Cl)cc2)c1O. The van der Waals surface area contributed by atoms with Gasteiger partial charge in [-0.25, -0.2) is 4.98 Å². The number of hydrazone groups is 1. The average molecular weight is 476 g/mol. The standard InChI is InChI=1S/C26H22ClN3O2S/c1-2-5-19-14-17(16-28-30-26-29-22-6-3-4-7-24(22)33-26)15-20(25(19)32)10-13-23(31)18-8-11-21(27)12-9-18/h3-4,6-16,32H,2,5H2,1H3,(H,29,30)/b13-10+,28-16+. The van der Waals surface area contributed by atoms with Gasteiger partial charge in [0.25, 0.3) is 0 Å². The molecule has 7 heteroatoms. The Balaban J connectivity index is 1.55. The number of aryl methyl sites for hydroxylation is 1. The number of hydrogen-bond donors (Lipinski definition) is 2. The summed E-state index contributed by atoms with van der Waals surface area (Å²) in [5.41, 5.74) is 6.60. The quantitative estimate of drug-likeness (QED) is 0.125. The van der Waals surface area contributed by atoms with Gasteiger partial charge in [-0.15, -0.1) is 0 Å². The Bertz CT molecular complexity index is 1310. The number of carbonyl (C=O) groups excluding carboxylic acids is 1. The van der Waals surface area contributed by atoms with Crippen molar-refractivity contribution >= 4 is 56.4 Å². The third kappa shape index (κ3) is 5.66. The number of thiazole rings is 1. The number of benzene rings is 3. The molecule has 0 spiro atoms. The lowest BCUT2D eigenvalue weighted by molar-refractivity contribution is 0.104. The Kier molecular flexibility index (Phi) is 7.17. The molecule has 0 saturated heterocycles. The van der Waals surface area contributed by atoms with Gasteiger partial charge in [0, 0.05) is 16.1 Å². The predicted octanol–water partition coefficient (Wildman–Crippen LogP) is 6.95. The fourth-order valence-electron chi connectivity index (χ4n) is 3.36. The molecule has 4 rings (SSSR count). The molecular formula is C26H22ClN3O2S. The van der Waals surface area contributed by atoms with Gasteiger partial charge in [0.1, 0.15) is 5.75 Å². The summed E-state index contributed by atoms with van der Waals surface area (Å²) in [4.78, 5) is 17.0. The van der Waals surface area contributed by atoms with E-state index in [1.165, 1.54) is 17.4 Å². The molecule has 0 amide bonds. The van der Waals surface area contributed by atoms with E-state index in [9.17, 15) is 9.90 Å². The second-order valence-corrected chi connectivity index (χ2v) is 8.90. The van der Waals surface area contributed by atoms with E-state index in [0.717, 1.165) is 27.8 Å². The van der Waals surface area contributed by atoms with E-state index in [0.29, 0.717) is 27.7 Å². The predicted molar refractivity (Wildman–Crippen MR) is 138 cm³/mol. The van der Waals surface area contributed by atoms with E-state index in [2.05, 4.69) is 22.4 Å². The van der Waals surface area contributed by atoms with Gasteiger partial charge in [0.05, 0.1) is 16.4 Å². The number of rotatable bonds is 8. The lowest BCUT2D eigenvalue weighted by atomic mass is 10.00. The fourth-order valence-corrected chi connectivity index (χ4v) is 4.31. The molecule has 0 aliphatic heterocycles. The Morgan fingerprint density at radius 3 is 2.73 bits per heavy atom. The third-order valence-electron chi connectivity index (χ3n) is 4.97. The van der Waals surface area contributed by atoms with Crippen molar-refractivity contribution in [3.05, 3.63) is 94.0 Å². The molecular weight excluding hydrogens is 454 g/mol. The minimum absolute atomic E-state index is 0.167. The van der Waals surface area contributed by atoms with Gasteiger partial charge < -0.3 is 5.11 Å². The van der Waals surface area contributed by atoms with E-state index in [4.69, 9.17) is 11.6 Å². The highest BCUT2D eigenvalue weighted by atomic mass is 35.5. The monoisotopic (exact) mass is 475 g/mol. The van der Waals surface area contributed by atoms with Crippen LogP contribution in [0.1, 0.15) is 40.4 Å². The number of phenolic OH excluding ortho intramolecular Hbond substituents is 1. The molecule has 166 valence electrons. The Morgan fingerprint density at radius 2 is 1.97 bits per heavy atom. The number of halogens is 1. The fraction of sp³-hybridized carbons (Fsp3) is 0.115. The summed E-state index contributed by atoms with van der Waals surface area (Å²) in [7, 11) is 0. The molecule has 1 heterocycles. The molecule has 0 fully saturated rings. The molecule has 2 N–H and O–H groups in total. The molecule has 0 unspecified atom stereocenters. The van der Waals surface area contributed by atoms with Crippen LogP contribution in [-0.2, 0) is 6.42 Å². The Labute approximate surface area is 201 Å². The summed E-state index contributed by atoms with van der Waals surface area (Å²) in [6, 6.07) is 18.3. The van der Waals surface area contributed by atoms with Crippen molar-refractivity contribution in [2.75, 3.05) is 5.43 Å². The molecule has 0 saturated carbocycles. The Hall–Kier alpha value is -3.48. The smallest absolute Gasteiger partial charge is 0.204 e. The van der Waals surface area contributed by atoms with Crippen LogP contribution in [0, 0.1) is 0 Å². The van der Waals surface area contributed by atoms with Gasteiger partial charge in [-0.05, 0) is 78.2 Å². The summed E-state index contributed by atoms with van der Waals surface area (Å²) in [6.07, 6.45) is 6.36. The molecule has 0 aliphatic rings. The molecule has 4 aromatic rings. The molecule has 0 radical (unpaired) electrons. The maximum atomic E-state index is 12.5. The van der Waals surface area contributed by atoms with Crippen molar-refractivity contribution in [2.45, 2.75) is 19.8 Å². The van der Waals surface area contributed by atoms with Crippen LogP contribution in [-0.4, -0.2) is 22.1 Å². The number of carbonyl (C=O) groups is 1. The van der Waals surface area contributed by atoms with E-state index in [1.54, 1.807) is 42.6 Å². The number of para-hydroxylation sites is 1. The van der Waals surface area contributed by atoms with Crippen LogP contribution in [0.5, 0.6) is 5.75 Å². The molecule has 0 bridgehead atoms. The van der Waals surface area contributed by atoms with E-state index in [1.807, 2.05) is 30.3 Å². The first-order valence-electron chi connectivity index (χ1n) is 10.5. The van der Waals surface area contributed by atoms with Crippen molar-refractivity contribution < 1.29 is 9.90 Å². The first kappa shape index (κ1) is 22.7. The normalized spacial score (nSPS) is 11.6. The number of ketones is 1. The molecule has 0 atom stereocenters. The average Bonchev–Trinajstić information content (AvgIpc) is 3.23. The van der Waals surface area contributed by atoms with E-state index in [-0.39, 0.29) is 11.5 Å². The maximum Gasteiger partial charge on any atom is 0.204 e. The van der Waals surface area contributed by atoms with Crippen LogP contribution in [0.3, 0.4) is 0 Å². The van der Waals surface area contributed by atoms with Gasteiger partial charge in [-0.3, -0.25) is 10.2 Å². The first-order chi connectivity index (χ1) is 16.0. The number of aromatic hydroxyl groups is 1. The minimum atomic E-state index is -0.167. The van der Waals surface area contributed by atoms with Crippen molar-refractivity contribution in [2.24, 2.45) is 5.10 Å². The first-order valence-corrected chi connectivity index (χ1v) is 11.7. The summed E-state index contributed by atoms with van der Waals surface area (Å²) in [6.45, 7) is 2.05. The van der Waals surface area contributed by atoms with Crippen molar-refractivity contribution in [1.29, 1.82) is 0 Å². The lowest BCUT2D eigenvalue weighted by Gasteiger charge is -2.09. The van der Waals surface area contributed by atoms with Crippen molar-refractivity contribution in [3.63, 3.8) is 0 Å². The molecule has 33 heavy (non-hydrogen) atoms. The second kappa shape index (κ2) is 10.4. The van der Waals surface area contributed by atoms with Crippen molar-refractivity contribution in [1.82, 2.24) is 4.98 Å². The third-order valence-corrected chi connectivity index (χ3v) is 6.16. The van der Waals surface area contributed by atoms with Gasteiger partial charge in [-0.1, -0.05) is 48.4 Å². The van der Waals surface area contributed by atoms with Crippen LogP contribution in [0.2, 0.25) is 5.02 Å². The second-order valence-electron chi connectivity index (χ2n) is 7.43. The van der Waals surface area contributed by atoms with Crippen LogP contribution in [0.15, 0.2) is 71.8 Å². The topological polar surface area (TPSA) is 74.6 Å². The minimum Gasteiger partial charge on any atom is -0.507 e. The maximum absolute atomic E-state index is 12.5. The zero-order chi connectivity index (χ0) is 23.2. The van der Waals surface area contributed by atoms with Crippen LogP contribution >= 0.6 is 22.9 Å². The highest BCUT2D eigenvalue weighted by Crippen LogP contribution is 2.28. The number of fused-ring (bicyclic) bond motifs is 1. The largest absolute Gasteiger partial charge is 0.507 e. The van der Waals surface area contributed by atoms with Crippen molar-refractivity contribution in [3.8, 4) is 5.75 Å². The number of allylic oxidation sites excluding steroid dienone is 1. The number of nitrogens with zero attached hydrogens (tertiary/aromatic N) is 2. The molecule has 0 aliphatic carbocycles. The van der Waals surface area contributed by atoms with E-state index >= 15 is 0 Å². The Morgan fingerprint density at radius 1 is 1.18 bits per heavy atom. The zero-order valence-electron chi connectivity index (χ0n) is 18.0. The summed E-state index contributed by atoms with van der Waals surface area (Å²) < 4.78 is 1.09. The van der Waals surface area contributed by atoms with Gasteiger partial charge in [0.15, 0.2) is 5.78 Å². The highest BCUT2D eigenvalue weighted by molar-refractivity contribution is 7.22. The van der Waals surface area contributed by atoms with Crippen LogP contribution in [0.4, 0.5) is 5.13 Å². The van der Waals surface area contributed by atoms with Gasteiger partial charge in [0.2, 0.25) is 5.13 Å². The van der Waals surface area contributed by atoms with Gasteiger partial charge >= 0.3 is 0 Å². The lowest BCUT2D eigenvalue weighted by Crippen LogP contribution is -1.96. The number of nitrogens with one attached hydrogen (secondary N) is 1. The number of phenols is 1. The molecule has 5 nitrogen and oxygen atoms in total. The number of hydrogen-bond acceptors (Lipinski definition) is 6. The summed E-state index contributed by atoms with van der Waals surface area (Å²) in [5.74, 6) is 0.00738. The van der Waals surface area contributed by atoms with Gasteiger partial charge in [-0.2, -0.15) is 5.10 Å². The molecule has 1 aromatic heterocycles. The summed E-state index contributed by atoms with van der Waals surface area (Å²) in [5, 5.41) is 16.3. The number of aromatic nitrogens is 1.